The van der Waals surface area contributed by atoms with Gasteiger partial charge < -0.3 is 0 Å². The van der Waals surface area contributed by atoms with E-state index in [1.807, 2.05) is 27.1 Å². The summed E-state index contributed by atoms with van der Waals surface area (Å²) < 4.78 is 0. The molecule has 5 heteroatoms. The molecule has 0 amide bonds. The second-order valence-corrected chi connectivity index (χ2v) is 11.8. The molecule has 8 rings (SSSR count). The number of aliphatic imine (C=N–C) groups is 3. The van der Waals surface area contributed by atoms with E-state index in [4.69, 9.17) is 9.98 Å². The smallest absolute Gasteiger partial charge is 0.166 e. The van der Waals surface area contributed by atoms with E-state index in [0.717, 1.165) is 29.2 Å². The Bertz CT molecular complexity index is 2310. The van der Waals surface area contributed by atoms with Crippen LogP contribution in [0.4, 0.5) is 0 Å². The van der Waals surface area contributed by atoms with E-state index < -0.39 is 0 Å². The normalized spacial score (nSPS) is 20.1. The van der Waals surface area contributed by atoms with Crippen LogP contribution in [0.5, 0.6) is 0 Å². The van der Waals surface area contributed by atoms with Crippen molar-refractivity contribution in [2.24, 2.45) is 15.0 Å². The van der Waals surface area contributed by atoms with Gasteiger partial charge in [0, 0.05) is 37.4 Å². The van der Waals surface area contributed by atoms with Gasteiger partial charge in [0.15, 0.2) is 6.17 Å². The van der Waals surface area contributed by atoms with Gasteiger partial charge in [0.05, 0.1) is 5.71 Å². The van der Waals surface area contributed by atoms with Crippen molar-refractivity contribution in [1.29, 1.82) is 0 Å². The summed E-state index contributed by atoms with van der Waals surface area (Å²) >= 11 is 0. The predicted molar refractivity (Wildman–Crippen MR) is 195 cm³/mol. The van der Waals surface area contributed by atoms with Crippen molar-refractivity contribution < 1.29 is 0 Å². The standard InChI is InChI=1S/C41H35N5/c1-4-14-29(42-2)17-13-24-38(43-3)40-44-39(36-25-27-15-5-7-18-30(27)32-20-9-11-22-34(32)36)45-41(46(40)45)37-26-28-16-6-8-19-31(28)33-21-10-12-23-35(33)37/h4-16,18-26,40-41H,17H2,1-3H3/b14-4-,24-13-,42-29-,43-38-/t40?,41?,45?,46-/m1/s1. The van der Waals surface area contributed by atoms with Crippen molar-refractivity contribution >= 4 is 60.3 Å². The summed E-state index contributed by atoms with van der Waals surface area (Å²) in [5.41, 5.74) is 4.38. The molecular formula is C41H35N5. The van der Waals surface area contributed by atoms with Crippen LogP contribution in [0.2, 0.25) is 0 Å². The number of hydrogen-bond acceptors (Lipinski definition) is 5. The molecule has 1 saturated heterocycles. The van der Waals surface area contributed by atoms with Crippen LogP contribution in [0, 0.1) is 0 Å². The molecule has 6 aromatic carbocycles. The topological polar surface area (TPSA) is 43.1 Å². The van der Waals surface area contributed by atoms with E-state index in [9.17, 15) is 0 Å². The van der Waals surface area contributed by atoms with E-state index in [2.05, 4.69) is 142 Å². The summed E-state index contributed by atoms with van der Waals surface area (Å²) in [4.78, 5) is 14.6. The summed E-state index contributed by atoms with van der Waals surface area (Å²) in [5.74, 6) is 0.980. The molecular weight excluding hydrogens is 562 g/mol. The molecule has 6 aromatic rings. The summed E-state index contributed by atoms with van der Waals surface area (Å²) in [6.07, 6.45) is 8.86. The molecule has 0 aliphatic carbocycles. The molecule has 0 saturated carbocycles. The van der Waals surface area contributed by atoms with Crippen molar-refractivity contribution in [3.05, 3.63) is 145 Å². The maximum atomic E-state index is 5.43. The Labute approximate surface area is 269 Å². The van der Waals surface area contributed by atoms with Crippen LogP contribution in [-0.2, 0) is 0 Å². The fraction of sp³-hybridized carbons (Fsp3) is 0.146. The van der Waals surface area contributed by atoms with Gasteiger partial charge in [0.2, 0.25) is 0 Å². The molecule has 5 nitrogen and oxygen atoms in total. The van der Waals surface area contributed by atoms with Gasteiger partial charge >= 0.3 is 0 Å². The number of hydrogen-bond donors (Lipinski definition) is 0. The molecule has 2 aliphatic heterocycles. The number of benzene rings is 6. The van der Waals surface area contributed by atoms with Gasteiger partial charge in [-0.25, -0.2) is 4.99 Å². The first kappa shape index (κ1) is 28.1. The lowest BCUT2D eigenvalue weighted by atomic mass is 9.95. The van der Waals surface area contributed by atoms with Crippen molar-refractivity contribution in [1.82, 2.24) is 10.0 Å². The first-order chi connectivity index (χ1) is 22.7. The first-order valence-electron chi connectivity index (χ1n) is 15.9. The summed E-state index contributed by atoms with van der Waals surface area (Å²) in [6, 6.07) is 39.5. The van der Waals surface area contributed by atoms with Crippen LogP contribution >= 0.6 is 0 Å². The van der Waals surface area contributed by atoms with E-state index in [0.29, 0.717) is 0 Å². The molecule has 0 aromatic heterocycles. The van der Waals surface area contributed by atoms with Gasteiger partial charge in [-0.05, 0) is 74.3 Å². The number of fused-ring (bicyclic) bond motifs is 7. The highest BCUT2D eigenvalue weighted by Gasteiger charge is 2.58. The Balaban J connectivity index is 1.30. The Morgan fingerprint density at radius 3 is 1.93 bits per heavy atom. The fourth-order valence-electron chi connectivity index (χ4n) is 7.10. The zero-order valence-corrected chi connectivity index (χ0v) is 26.3. The summed E-state index contributed by atoms with van der Waals surface area (Å²) in [6.45, 7) is 2.02. The van der Waals surface area contributed by atoms with Crippen molar-refractivity contribution in [2.45, 2.75) is 25.7 Å². The number of nitrogens with zero attached hydrogens (tertiary/aromatic N) is 5. The highest BCUT2D eigenvalue weighted by Crippen LogP contribution is 2.52. The number of allylic oxidation sites excluding steroid dienone is 3. The Morgan fingerprint density at radius 1 is 0.696 bits per heavy atom. The molecule has 2 unspecified atom stereocenters. The number of amidine groups is 1. The number of rotatable bonds is 7. The maximum Gasteiger partial charge on any atom is 0.166 e. The quantitative estimate of drug-likeness (QED) is 0.105. The summed E-state index contributed by atoms with van der Waals surface area (Å²) in [7, 11) is 3.71. The van der Waals surface area contributed by atoms with Crippen LogP contribution in [0.15, 0.2) is 148 Å². The van der Waals surface area contributed by atoms with Crippen LogP contribution in [0.1, 0.15) is 30.6 Å². The zero-order valence-electron chi connectivity index (χ0n) is 26.3. The van der Waals surface area contributed by atoms with Gasteiger partial charge in [-0.3, -0.25) is 15.0 Å². The van der Waals surface area contributed by atoms with Gasteiger partial charge in [0.25, 0.3) is 0 Å². The first-order valence-corrected chi connectivity index (χ1v) is 15.9. The molecule has 3 atom stereocenters. The van der Waals surface area contributed by atoms with Gasteiger partial charge in [-0.15, -0.1) is 0 Å². The molecule has 1 fully saturated rings. The largest absolute Gasteiger partial charge is 0.293 e. The lowest BCUT2D eigenvalue weighted by Crippen LogP contribution is -2.24. The van der Waals surface area contributed by atoms with Crippen LogP contribution in [0.3, 0.4) is 0 Å². The van der Waals surface area contributed by atoms with Gasteiger partial charge in [-0.1, -0.05) is 109 Å². The fourth-order valence-corrected chi connectivity index (χ4v) is 7.10. The molecule has 2 heterocycles. The van der Waals surface area contributed by atoms with Crippen molar-refractivity contribution in [3.63, 3.8) is 0 Å². The summed E-state index contributed by atoms with van der Waals surface area (Å²) in [5, 5.41) is 14.7. The van der Waals surface area contributed by atoms with E-state index in [1.54, 1.807) is 0 Å². The second kappa shape index (κ2) is 11.5. The minimum absolute atomic E-state index is 0.0261. The van der Waals surface area contributed by atoms with Crippen LogP contribution in [0.25, 0.3) is 43.1 Å². The third-order valence-electron chi connectivity index (χ3n) is 9.26. The van der Waals surface area contributed by atoms with Gasteiger partial charge in [0.1, 0.15) is 12.0 Å². The lowest BCUT2D eigenvalue weighted by Gasteiger charge is -2.15. The Morgan fingerprint density at radius 2 is 1.28 bits per heavy atom. The molecule has 46 heavy (non-hydrogen) atoms. The third kappa shape index (κ3) is 4.55. The molecule has 2 aliphatic rings. The maximum absolute atomic E-state index is 5.43. The monoisotopic (exact) mass is 597 g/mol. The van der Waals surface area contributed by atoms with Crippen molar-refractivity contribution in [3.8, 4) is 0 Å². The Kier molecular flexibility index (Phi) is 7.04. The molecule has 224 valence electrons. The average molecular weight is 598 g/mol. The van der Waals surface area contributed by atoms with E-state index in [-0.39, 0.29) is 12.3 Å². The van der Waals surface area contributed by atoms with Gasteiger partial charge in [-0.2, -0.15) is 5.01 Å². The molecule has 0 radical (unpaired) electrons. The van der Waals surface area contributed by atoms with E-state index in [1.165, 1.54) is 48.7 Å². The minimum Gasteiger partial charge on any atom is -0.293 e. The highest BCUT2D eigenvalue weighted by atomic mass is 15.9. The number of hydrazine groups is 1. The molecule has 0 bridgehead atoms. The Hall–Kier alpha value is -5.39. The molecule has 0 spiro atoms. The van der Waals surface area contributed by atoms with Crippen molar-refractivity contribution in [2.75, 3.05) is 14.1 Å². The second-order valence-electron chi connectivity index (χ2n) is 11.8. The van der Waals surface area contributed by atoms with E-state index >= 15 is 0 Å². The SMILES string of the molecule is C/C=C\C(C/C=C\C(=N\C)C1N=C(c2cc3ccccc3c3ccccc23)N2C(c3cc4ccccc4c4ccccc34)[N@@]12)=N\C. The minimum atomic E-state index is -0.250. The van der Waals surface area contributed by atoms with Crippen LogP contribution in [-0.4, -0.2) is 47.5 Å². The predicted octanol–water partition coefficient (Wildman–Crippen LogP) is 9.28. The zero-order chi connectivity index (χ0) is 31.2. The highest BCUT2D eigenvalue weighted by molar-refractivity contribution is 6.20. The van der Waals surface area contributed by atoms with Crippen LogP contribution < -0.4 is 0 Å². The third-order valence-corrected chi connectivity index (χ3v) is 9.26. The average Bonchev–Trinajstić information content (AvgIpc) is 3.72. The lowest BCUT2D eigenvalue weighted by molar-refractivity contribution is 0.401. The molecule has 0 N–H and O–H groups in total.